The van der Waals surface area contributed by atoms with Gasteiger partial charge in [-0.1, -0.05) is 36.4 Å². The van der Waals surface area contributed by atoms with Crippen LogP contribution in [0.25, 0.3) is 11.8 Å². The fraction of sp³-hybridized carbons (Fsp3) is 0.222. The molecule has 0 unspecified atom stereocenters. The van der Waals surface area contributed by atoms with Gasteiger partial charge in [-0.25, -0.2) is 0 Å². The van der Waals surface area contributed by atoms with E-state index in [0.29, 0.717) is 32.0 Å². The first-order valence-corrected chi connectivity index (χ1v) is 7.57. The minimum Gasteiger partial charge on any atom is -0.378 e. The summed E-state index contributed by atoms with van der Waals surface area (Å²) in [5.41, 5.74) is 1.000. The van der Waals surface area contributed by atoms with Crippen molar-refractivity contribution < 1.29 is 9.53 Å². The van der Waals surface area contributed by atoms with E-state index in [1.54, 1.807) is 29.3 Å². The minimum absolute atomic E-state index is 0.162. The average Bonchev–Trinajstić information content (AvgIpc) is 2.61. The second-order valence-electron chi connectivity index (χ2n) is 5.25. The number of rotatable bonds is 3. The number of pyridine rings is 1. The summed E-state index contributed by atoms with van der Waals surface area (Å²) in [7, 11) is 0. The Morgan fingerprint density at radius 2 is 1.70 bits per heavy atom. The maximum absolute atomic E-state index is 12.9. The van der Waals surface area contributed by atoms with Gasteiger partial charge in [0.1, 0.15) is 5.70 Å². The van der Waals surface area contributed by atoms with Crippen LogP contribution < -0.4 is 5.56 Å². The highest BCUT2D eigenvalue weighted by molar-refractivity contribution is 6.18. The van der Waals surface area contributed by atoms with Crippen LogP contribution in [0, 0.1) is 0 Å². The molecule has 0 bridgehead atoms. The van der Waals surface area contributed by atoms with Crippen LogP contribution in [0.5, 0.6) is 0 Å². The highest BCUT2D eigenvalue weighted by atomic mass is 16.5. The predicted octanol–water partition coefficient (Wildman–Crippen LogP) is 1.71. The SMILES string of the molecule is O=C(/C(=C\c1ccccc1)n1ccccc1=O)N1CCOCC1. The molecule has 3 rings (SSSR count). The van der Waals surface area contributed by atoms with Crippen LogP contribution in [-0.4, -0.2) is 41.7 Å². The molecule has 0 atom stereocenters. The molecule has 0 saturated carbocycles. The van der Waals surface area contributed by atoms with E-state index in [4.69, 9.17) is 4.74 Å². The fourth-order valence-electron chi connectivity index (χ4n) is 2.50. The largest absolute Gasteiger partial charge is 0.378 e. The first-order chi connectivity index (χ1) is 11.3. The molecule has 1 aliphatic rings. The van der Waals surface area contributed by atoms with Crippen molar-refractivity contribution in [2.45, 2.75) is 0 Å². The molecule has 1 aromatic carbocycles. The molecule has 2 heterocycles. The molecule has 1 amide bonds. The van der Waals surface area contributed by atoms with Crippen LogP contribution in [-0.2, 0) is 9.53 Å². The first kappa shape index (κ1) is 15.2. The number of ether oxygens (including phenoxy) is 1. The van der Waals surface area contributed by atoms with Gasteiger partial charge in [0.25, 0.3) is 11.5 Å². The molecule has 1 aliphatic heterocycles. The zero-order valence-corrected chi connectivity index (χ0v) is 12.7. The summed E-state index contributed by atoms with van der Waals surface area (Å²) in [6, 6.07) is 14.4. The first-order valence-electron chi connectivity index (χ1n) is 7.57. The van der Waals surface area contributed by atoms with Gasteiger partial charge in [-0.15, -0.1) is 0 Å². The van der Waals surface area contributed by atoms with Crippen LogP contribution >= 0.6 is 0 Å². The number of nitrogens with zero attached hydrogens (tertiary/aromatic N) is 2. The highest BCUT2D eigenvalue weighted by Crippen LogP contribution is 2.14. The Hall–Kier alpha value is -2.66. The van der Waals surface area contributed by atoms with E-state index in [9.17, 15) is 9.59 Å². The number of amides is 1. The van der Waals surface area contributed by atoms with Gasteiger partial charge in [-0.05, 0) is 17.7 Å². The third-order valence-electron chi connectivity index (χ3n) is 3.70. The third-order valence-corrected chi connectivity index (χ3v) is 3.70. The maximum Gasteiger partial charge on any atom is 0.271 e. The van der Waals surface area contributed by atoms with Gasteiger partial charge in [-0.2, -0.15) is 0 Å². The van der Waals surface area contributed by atoms with Crippen molar-refractivity contribution in [3.05, 3.63) is 70.6 Å². The molecule has 0 N–H and O–H groups in total. The topological polar surface area (TPSA) is 51.5 Å². The Bertz CT molecular complexity index is 759. The lowest BCUT2D eigenvalue weighted by atomic mass is 10.1. The monoisotopic (exact) mass is 310 g/mol. The van der Waals surface area contributed by atoms with Gasteiger partial charge >= 0.3 is 0 Å². The van der Waals surface area contributed by atoms with Crippen LogP contribution in [0.1, 0.15) is 5.56 Å². The summed E-state index contributed by atoms with van der Waals surface area (Å²) in [5, 5.41) is 0. The zero-order valence-electron chi connectivity index (χ0n) is 12.7. The Kier molecular flexibility index (Phi) is 4.68. The van der Waals surface area contributed by atoms with Crippen molar-refractivity contribution in [2.24, 2.45) is 0 Å². The normalized spacial score (nSPS) is 15.5. The van der Waals surface area contributed by atoms with Crippen molar-refractivity contribution in [1.82, 2.24) is 9.47 Å². The number of carbonyl (C=O) groups excluding carboxylic acids is 1. The van der Waals surface area contributed by atoms with Crippen molar-refractivity contribution >= 4 is 17.7 Å². The summed E-state index contributed by atoms with van der Waals surface area (Å²) < 4.78 is 6.69. The lowest BCUT2D eigenvalue weighted by Crippen LogP contribution is -2.42. The summed E-state index contributed by atoms with van der Waals surface area (Å²) in [5.74, 6) is -0.162. The van der Waals surface area contributed by atoms with Crippen LogP contribution in [0.3, 0.4) is 0 Å². The zero-order chi connectivity index (χ0) is 16.1. The molecule has 5 heteroatoms. The molecule has 1 aromatic heterocycles. The van der Waals surface area contributed by atoms with E-state index < -0.39 is 0 Å². The number of hydrogen-bond donors (Lipinski definition) is 0. The van der Waals surface area contributed by atoms with Crippen LogP contribution in [0.15, 0.2) is 59.5 Å². The lowest BCUT2D eigenvalue weighted by Gasteiger charge is -2.28. The van der Waals surface area contributed by atoms with E-state index in [0.717, 1.165) is 5.56 Å². The summed E-state index contributed by atoms with van der Waals surface area (Å²) in [6.07, 6.45) is 3.37. The molecule has 23 heavy (non-hydrogen) atoms. The smallest absolute Gasteiger partial charge is 0.271 e. The Morgan fingerprint density at radius 3 is 2.39 bits per heavy atom. The number of hydrogen-bond acceptors (Lipinski definition) is 3. The average molecular weight is 310 g/mol. The minimum atomic E-state index is -0.226. The predicted molar refractivity (Wildman–Crippen MR) is 88.7 cm³/mol. The summed E-state index contributed by atoms with van der Waals surface area (Å²) in [4.78, 5) is 26.8. The van der Waals surface area contributed by atoms with Crippen molar-refractivity contribution in [2.75, 3.05) is 26.3 Å². The van der Waals surface area contributed by atoms with Crippen molar-refractivity contribution in [3.63, 3.8) is 0 Å². The van der Waals surface area contributed by atoms with Gasteiger partial charge in [0, 0.05) is 25.4 Å². The second kappa shape index (κ2) is 7.07. The van der Waals surface area contributed by atoms with Gasteiger partial charge in [0.15, 0.2) is 0 Å². The van der Waals surface area contributed by atoms with Gasteiger partial charge in [0.05, 0.1) is 13.2 Å². The second-order valence-corrected chi connectivity index (χ2v) is 5.25. The molecule has 0 radical (unpaired) electrons. The molecule has 118 valence electrons. The Balaban J connectivity index is 2.03. The maximum atomic E-state index is 12.9. The molecular weight excluding hydrogens is 292 g/mol. The van der Waals surface area contributed by atoms with E-state index in [-0.39, 0.29) is 11.5 Å². The molecule has 2 aromatic rings. The number of aromatic nitrogens is 1. The quantitative estimate of drug-likeness (QED) is 0.811. The van der Waals surface area contributed by atoms with E-state index in [1.165, 1.54) is 10.6 Å². The number of benzene rings is 1. The van der Waals surface area contributed by atoms with Crippen LogP contribution in [0.4, 0.5) is 0 Å². The van der Waals surface area contributed by atoms with Gasteiger partial charge in [0.2, 0.25) is 0 Å². The highest BCUT2D eigenvalue weighted by Gasteiger charge is 2.22. The van der Waals surface area contributed by atoms with Crippen LogP contribution in [0.2, 0.25) is 0 Å². The summed E-state index contributed by atoms with van der Waals surface area (Å²) >= 11 is 0. The van der Waals surface area contributed by atoms with Crippen molar-refractivity contribution in [3.8, 4) is 0 Å². The Morgan fingerprint density at radius 1 is 1.00 bits per heavy atom. The molecule has 5 nitrogen and oxygen atoms in total. The molecule has 0 spiro atoms. The van der Waals surface area contributed by atoms with E-state index in [1.807, 2.05) is 30.3 Å². The van der Waals surface area contributed by atoms with E-state index >= 15 is 0 Å². The fourth-order valence-corrected chi connectivity index (χ4v) is 2.50. The van der Waals surface area contributed by atoms with Crippen molar-refractivity contribution in [1.29, 1.82) is 0 Å². The molecule has 1 saturated heterocycles. The number of morpholine rings is 1. The summed E-state index contributed by atoms with van der Waals surface area (Å²) in [6.45, 7) is 2.11. The molecular formula is C18H18N2O3. The standard InChI is InChI=1S/C18H18N2O3/c21-17-8-4-5-9-20(17)16(14-15-6-2-1-3-7-15)18(22)19-10-12-23-13-11-19/h1-9,14H,10-13H2/b16-14+. The van der Waals surface area contributed by atoms with E-state index in [2.05, 4.69) is 0 Å². The Labute approximate surface area is 134 Å². The lowest BCUT2D eigenvalue weighted by molar-refractivity contribution is -0.129. The van der Waals surface area contributed by atoms with Gasteiger partial charge < -0.3 is 9.64 Å². The molecule has 1 fully saturated rings. The molecule has 0 aliphatic carbocycles. The third kappa shape index (κ3) is 3.57. The van der Waals surface area contributed by atoms with Gasteiger partial charge in [-0.3, -0.25) is 14.2 Å². The number of carbonyl (C=O) groups is 1.